The number of aromatic nitrogens is 4. The number of tetrazole rings is 1. The number of amides is 2. The third kappa shape index (κ3) is 8.72. The Kier molecular flexibility index (Phi) is 10.1. The molecule has 1 aliphatic heterocycles. The molecular formula is C33H35N7O3. The minimum atomic E-state index is -0.425. The summed E-state index contributed by atoms with van der Waals surface area (Å²) in [5, 5.41) is 26.5. The molecular weight excluding hydrogens is 542 g/mol. The smallest absolute Gasteiger partial charge is 0.222 e. The second kappa shape index (κ2) is 14.7. The van der Waals surface area contributed by atoms with E-state index >= 15 is 0 Å². The van der Waals surface area contributed by atoms with E-state index < -0.39 is 6.04 Å². The molecule has 0 aliphatic carbocycles. The van der Waals surface area contributed by atoms with Crippen LogP contribution in [0.15, 0.2) is 78.9 Å². The van der Waals surface area contributed by atoms with Gasteiger partial charge in [-0.25, -0.2) is 0 Å². The molecule has 43 heavy (non-hydrogen) atoms. The minimum absolute atomic E-state index is 0.0665. The normalized spacial score (nSPS) is 14.1. The fourth-order valence-corrected chi connectivity index (χ4v) is 5.28. The first-order valence-corrected chi connectivity index (χ1v) is 14.6. The molecule has 1 unspecified atom stereocenters. The Hall–Kier alpha value is -5.04. The molecule has 10 heteroatoms. The average Bonchev–Trinajstić information content (AvgIpc) is 3.59. The zero-order valence-electron chi connectivity index (χ0n) is 24.0. The average molecular weight is 578 g/mol. The van der Waals surface area contributed by atoms with Crippen molar-refractivity contribution in [1.82, 2.24) is 30.8 Å². The molecule has 0 bridgehead atoms. The van der Waals surface area contributed by atoms with Crippen LogP contribution in [0.4, 0.5) is 0 Å². The van der Waals surface area contributed by atoms with Crippen molar-refractivity contribution in [3.8, 4) is 11.8 Å². The van der Waals surface area contributed by atoms with Crippen LogP contribution in [0.2, 0.25) is 0 Å². The number of H-pyrrole nitrogens is 1. The first kappa shape index (κ1) is 29.5. The molecule has 1 fully saturated rings. The zero-order valence-corrected chi connectivity index (χ0v) is 24.0. The Labute approximate surface area is 251 Å². The van der Waals surface area contributed by atoms with Gasteiger partial charge in [0.25, 0.3) is 0 Å². The van der Waals surface area contributed by atoms with E-state index in [2.05, 4.69) is 32.0 Å². The van der Waals surface area contributed by atoms with Crippen LogP contribution in [0.5, 0.6) is 5.75 Å². The Morgan fingerprint density at radius 2 is 1.70 bits per heavy atom. The standard InChI is InChI=1S/C33H35N7O3/c34-22-27-8-6-24(7-9-27)12-15-32(42)40-18-16-26(17-19-40)21-31(41)35-30(33-36-38-39-37-33)20-25-10-13-29(14-11-25)43-23-28-4-2-1-3-5-28/h1-11,13-14,26,30H,12,15-21,23H2,(H,35,41)(H,36,37,38,39). The van der Waals surface area contributed by atoms with Crippen LogP contribution in [0.25, 0.3) is 0 Å². The summed E-state index contributed by atoms with van der Waals surface area (Å²) in [6.45, 7) is 1.79. The van der Waals surface area contributed by atoms with Crippen molar-refractivity contribution in [3.05, 3.63) is 107 Å². The van der Waals surface area contributed by atoms with Crippen LogP contribution in [0, 0.1) is 17.2 Å². The maximum atomic E-state index is 13.1. The van der Waals surface area contributed by atoms with E-state index in [4.69, 9.17) is 10.00 Å². The minimum Gasteiger partial charge on any atom is -0.489 e. The maximum Gasteiger partial charge on any atom is 0.222 e. The summed E-state index contributed by atoms with van der Waals surface area (Å²) in [6.07, 6.45) is 3.54. The van der Waals surface area contributed by atoms with Gasteiger partial charge in [0, 0.05) is 32.4 Å². The second-order valence-electron chi connectivity index (χ2n) is 10.8. The summed E-state index contributed by atoms with van der Waals surface area (Å²) in [7, 11) is 0. The van der Waals surface area contributed by atoms with E-state index in [1.807, 2.05) is 71.6 Å². The summed E-state index contributed by atoms with van der Waals surface area (Å²) in [4.78, 5) is 27.7. The van der Waals surface area contributed by atoms with Gasteiger partial charge in [0.2, 0.25) is 11.8 Å². The van der Waals surface area contributed by atoms with Gasteiger partial charge in [0.05, 0.1) is 17.7 Å². The highest BCUT2D eigenvalue weighted by Gasteiger charge is 2.26. The lowest BCUT2D eigenvalue weighted by atomic mass is 9.92. The molecule has 5 rings (SSSR count). The van der Waals surface area contributed by atoms with E-state index in [1.54, 1.807) is 12.1 Å². The molecule has 0 saturated carbocycles. The van der Waals surface area contributed by atoms with Crippen molar-refractivity contribution in [2.24, 2.45) is 5.92 Å². The summed E-state index contributed by atoms with van der Waals surface area (Å²) >= 11 is 0. The molecule has 0 spiro atoms. The molecule has 2 N–H and O–H groups in total. The number of ether oxygens (including phenoxy) is 1. The van der Waals surface area contributed by atoms with Gasteiger partial charge in [-0.3, -0.25) is 9.59 Å². The molecule has 2 amide bonds. The Balaban J connectivity index is 1.07. The Morgan fingerprint density at radius 3 is 2.37 bits per heavy atom. The number of benzene rings is 3. The number of hydrogen-bond donors (Lipinski definition) is 2. The predicted octanol–water partition coefficient (Wildman–Crippen LogP) is 4.31. The third-order valence-electron chi connectivity index (χ3n) is 7.77. The summed E-state index contributed by atoms with van der Waals surface area (Å²) in [6, 6.07) is 26.8. The summed E-state index contributed by atoms with van der Waals surface area (Å²) in [5.74, 6) is 1.46. The topological polar surface area (TPSA) is 137 Å². The van der Waals surface area contributed by atoms with E-state index in [-0.39, 0.29) is 17.7 Å². The van der Waals surface area contributed by atoms with Crippen molar-refractivity contribution >= 4 is 11.8 Å². The highest BCUT2D eigenvalue weighted by molar-refractivity contribution is 5.77. The molecule has 10 nitrogen and oxygen atoms in total. The molecule has 1 aliphatic rings. The van der Waals surface area contributed by atoms with Crippen LogP contribution in [-0.4, -0.2) is 50.4 Å². The fraction of sp³-hybridized carbons (Fsp3) is 0.333. The number of nitriles is 1. The number of nitrogens with zero attached hydrogens (tertiary/aromatic N) is 5. The lowest BCUT2D eigenvalue weighted by Crippen LogP contribution is -2.40. The monoisotopic (exact) mass is 577 g/mol. The zero-order chi connectivity index (χ0) is 29.9. The number of carbonyl (C=O) groups excluding carboxylic acids is 2. The fourth-order valence-electron chi connectivity index (χ4n) is 5.28. The molecule has 1 aromatic heterocycles. The molecule has 2 heterocycles. The van der Waals surface area contributed by atoms with Gasteiger partial charge in [-0.1, -0.05) is 59.8 Å². The number of nitrogens with one attached hydrogen (secondary N) is 2. The highest BCUT2D eigenvalue weighted by atomic mass is 16.5. The van der Waals surface area contributed by atoms with Gasteiger partial charge in [-0.15, -0.1) is 10.2 Å². The van der Waals surface area contributed by atoms with Gasteiger partial charge >= 0.3 is 0 Å². The summed E-state index contributed by atoms with van der Waals surface area (Å²) < 4.78 is 5.89. The summed E-state index contributed by atoms with van der Waals surface area (Å²) in [5.41, 5.74) is 3.77. The Bertz CT molecular complexity index is 1490. The molecule has 1 atom stereocenters. The van der Waals surface area contributed by atoms with Crippen molar-refractivity contribution < 1.29 is 14.3 Å². The predicted molar refractivity (Wildman–Crippen MR) is 159 cm³/mol. The molecule has 1 saturated heterocycles. The lowest BCUT2D eigenvalue weighted by Gasteiger charge is -2.32. The SMILES string of the molecule is N#Cc1ccc(CCC(=O)N2CCC(CC(=O)NC(Cc3ccc(OCc4ccccc4)cc3)c3nn[nH]n3)CC2)cc1. The number of aromatic amines is 1. The van der Waals surface area contributed by atoms with Crippen LogP contribution in [0.3, 0.4) is 0 Å². The van der Waals surface area contributed by atoms with Crippen LogP contribution < -0.4 is 10.1 Å². The number of aryl methyl sites for hydroxylation is 1. The van der Waals surface area contributed by atoms with Gasteiger partial charge < -0.3 is 15.0 Å². The van der Waals surface area contributed by atoms with Crippen LogP contribution in [-0.2, 0) is 29.0 Å². The molecule has 3 aromatic carbocycles. The molecule has 4 aromatic rings. The van der Waals surface area contributed by atoms with Crippen molar-refractivity contribution in [2.45, 2.75) is 51.2 Å². The maximum absolute atomic E-state index is 13.1. The van der Waals surface area contributed by atoms with Gasteiger partial charge in [-0.05, 0) is 66.1 Å². The lowest BCUT2D eigenvalue weighted by molar-refractivity contribution is -0.132. The number of rotatable bonds is 12. The second-order valence-corrected chi connectivity index (χ2v) is 10.8. The van der Waals surface area contributed by atoms with E-state index in [0.717, 1.165) is 35.3 Å². The van der Waals surface area contributed by atoms with Crippen molar-refractivity contribution in [3.63, 3.8) is 0 Å². The quantitative estimate of drug-likeness (QED) is 0.256. The van der Waals surface area contributed by atoms with Gasteiger partial charge in [-0.2, -0.15) is 10.5 Å². The van der Waals surface area contributed by atoms with Gasteiger partial charge in [0.1, 0.15) is 12.4 Å². The van der Waals surface area contributed by atoms with Crippen molar-refractivity contribution in [1.29, 1.82) is 5.26 Å². The van der Waals surface area contributed by atoms with Gasteiger partial charge in [0.15, 0.2) is 5.82 Å². The Morgan fingerprint density at radius 1 is 0.977 bits per heavy atom. The van der Waals surface area contributed by atoms with Crippen LogP contribution in [0.1, 0.15) is 59.8 Å². The van der Waals surface area contributed by atoms with Crippen LogP contribution >= 0.6 is 0 Å². The first-order valence-electron chi connectivity index (χ1n) is 14.6. The number of likely N-dealkylation sites (tertiary alicyclic amines) is 1. The highest BCUT2D eigenvalue weighted by Crippen LogP contribution is 2.23. The first-order chi connectivity index (χ1) is 21.1. The van der Waals surface area contributed by atoms with E-state index in [9.17, 15) is 9.59 Å². The number of piperidine rings is 1. The number of hydrogen-bond acceptors (Lipinski definition) is 7. The number of carbonyl (C=O) groups is 2. The molecule has 0 radical (unpaired) electrons. The molecule has 220 valence electrons. The van der Waals surface area contributed by atoms with E-state index in [1.165, 1.54) is 0 Å². The third-order valence-corrected chi connectivity index (χ3v) is 7.77. The van der Waals surface area contributed by atoms with E-state index in [0.29, 0.717) is 56.8 Å². The largest absolute Gasteiger partial charge is 0.489 e. The van der Waals surface area contributed by atoms with Crippen molar-refractivity contribution in [2.75, 3.05) is 13.1 Å².